The number of aromatic nitrogens is 2. The number of hydrogen-bond acceptors (Lipinski definition) is 6. The Balaban J connectivity index is 1.08. The van der Waals surface area contributed by atoms with Crippen molar-refractivity contribution in [1.82, 2.24) is 20.6 Å². The molecule has 4 aliphatic rings. The van der Waals surface area contributed by atoms with E-state index in [1.165, 1.54) is 37.4 Å². The fourth-order valence-electron chi connectivity index (χ4n) is 6.53. The van der Waals surface area contributed by atoms with Gasteiger partial charge in [-0.05, 0) is 67.9 Å². The molecule has 2 heterocycles. The first-order valence-corrected chi connectivity index (χ1v) is 13.4. The highest BCUT2D eigenvalue weighted by Gasteiger charge is 2.51. The van der Waals surface area contributed by atoms with Crippen molar-refractivity contribution in [3.63, 3.8) is 0 Å². The van der Waals surface area contributed by atoms with Crippen molar-refractivity contribution in [3.8, 4) is 10.4 Å². The number of rotatable bonds is 5. The highest BCUT2D eigenvalue weighted by Crippen LogP contribution is 2.55. The highest BCUT2D eigenvalue weighted by atomic mass is 32.2. The number of nitrogens with one attached hydrogen (secondary N) is 2. The number of carbonyl (C=O) groups is 2. The third-order valence-corrected chi connectivity index (χ3v) is 9.46. The SMILES string of the molecule is O=C(CSc1ncnc2sc(-c3ccccc3)cc12)NC(=O)NC12CC3CC(CC(C3)C1)C2. The maximum Gasteiger partial charge on any atom is 0.321 e. The van der Waals surface area contributed by atoms with Crippen LogP contribution in [-0.2, 0) is 4.79 Å². The maximum absolute atomic E-state index is 12.6. The van der Waals surface area contributed by atoms with Crippen LogP contribution in [0.5, 0.6) is 0 Å². The van der Waals surface area contributed by atoms with E-state index in [2.05, 4.69) is 38.8 Å². The molecule has 3 amide bonds. The summed E-state index contributed by atoms with van der Waals surface area (Å²) in [6.45, 7) is 0. The Labute approximate surface area is 201 Å². The second-order valence-electron chi connectivity index (χ2n) is 9.86. The van der Waals surface area contributed by atoms with Gasteiger partial charge in [0.15, 0.2) is 0 Å². The third kappa shape index (κ3) is 4.26. The molecule has 6 nitrogen and oxygen atoms in total. The summed E-state index contributed by atoms with van der Waals surface area (Å²) >= 11 is 2.95. The molecule has 4 fully saturated rings. The van der Waals surface area contributed by atoms with E-state index in [0.29, 0.717) is 0 Å². The van der Waals surface area contributed by atoms with Crippen molar-refractivity contribution in [2.75, 3.05) is 5.75 Å². The van der Waals surface area contributed by atoms with Crippen molar-refractivity contribution >= 4 is 45.3 Å². The number of urea groups is 1. The lowest BCUT2D eigenvalue weighted by Crippen LogP contribution is -2.61. The van der Waals surface area contributed by atoms with E-state index in [4.69, 9.17) is 0 Å². The number of thioether (sulfide) groups is 1. The van der Waals surface area contributed by atoms with Crippen molar-refractivity contribution < 1.29 is 9.59 Å². The largest absolute Gasteiger partial charge is 0.332 e. The molecule has 170 valence electrons. The average Bonchev–Trinajstić information content (AvgIpc) is 3.22. The molecule has 7 rings (SSSR count). The second-order valence-corrected chi connectivity index (χ2v) is 11.9. The molecule has 0 aliphatic heterocycles. The number of carbonyl (C=O) groups excluding carboxylic acids is 2. The van der Waals surface area contributed by atoms with Crippen LogP contribution in [0.25, 0.3) is 20.7 Å². The van der Waals surface area contributed by atoms with Crippen LogP contribution in [0.1, 0.15) is 38.5 Å². The van der Waals surface area contributed by atoms with Crippen LogP contribution in [0, 0.1) is 17.8 Å². The molecule has 4 saturated carbocycles. The predicted molar refractivity (Wildman–Crippen MR) is 131 cm³/mol. The van der Waals surface area contributed by atoms with Gasteiger partial charge in [-0.25, -0.2) is 14.8 Å². The zero-order valence-electron chi connectivity index (χ0n) is 18.3. The summed E-state index contributed by atoms with van der Waals surface area (Å²) in [6.07, 6.45) is 8.69. The quantitative estimate of drug-likeness (QED) is 0.387. The Kier molecular flexibility index (Phi) is 5.37. The number of benzene rings is 1. The molecule has 2 aromatic heterocycles. The molecule has 1 aromatic carbocycles. The molecule has 33 heavy (non-hydrogen) atoms. The first kappa shape index (κ1) is 21.1. The Morgan fingerprint density at radius 2 is 1.73 bits per heavy atom. The summed E-state index contributed by atoms with van der Waals surface area (Å²) in [4.78, 5) is 36.0. The Morgan fingerprint density at radius 1 is 1.03 bits per heavy atom. The van der Waals surface area contributed by atoms with Gasteiger partial charge in [0.05, 0.1) is 5.75 Å². The van der Waals surface area contributed by atoms with Gasteiger partial charge < -0.3 is 5.32 Å². The lowest BCUT2D eigenvalue weighted by molar-refractivity contribution is -0.117. The van der Waals surface area contributed by atoms with Gasteiger partial charge >= 0.3 is 6.03 Å². The molecule has 2 N–H and O–H groups in total. The van der Waals surface area contributed by atoms with Crippen LogP contribution < -0.4 is 10.6 Å². The smallest absolute Gasteiger partial charge is 0.321 e. The molecule has 4 bridgehead atoms. The summed E-state index contributed by atoms with van der Waals surface area (Å²) in [5.41, 5.74) is 1.03. The van der Waals surface area contributed by atoms with Crippen LogP contribution in [0.15, 0.2) is 47.8 Å². The van der Waals surface area contributed by atoms with E-state index in [9.17, 15) is 9.59 Å². The molecule has 0 saturated heterocycles. The van der Waals surface area contributed by atoms with Crippen LogP contribution in [-0.4, -0.2) is 33.2 Å². The molecule has 8 heteroatoms. The Hall–Kier alpha value is -2.45. The van der Waals surface area contributed by atoms with Gasteiger partial charge in [0, 0.05) is 15.8 Å². The van der Waals surface area contributed by atoms with Gasteiger partial charge in [-0.2, -0.15) is 0 Å². The monoisotopic (exact) mass is 478 g/mol. The lowest BCUT2D eigenvalue weighted by Gasteiger charge is -2.56. The summed E-state index contributed by atoms with van der Waals surface area (Å²) in [5, 5.41) is 7.46. The van der Waals surface area contributed by atoms with Crippen molar-refractivity contribution in [1.29, 1.82) is 0 Å². The zero-order chi connectivity index (χ0) is 22.4. The molecule has 3 aromatic rings. The Bertz CT molecular complexity index is 1170. The summed E-state index contributed by atoms with van der Waals surface area (Å²) in [6, 6.07) is 11.9. The highest BCUT2D eigenvalue weighted by molar-refractivity contribution is 8.00. The minimum Gasteiger partial charge on any atom is -0.332 e. The average molecular weight is 479 g/mol. The maximum atomic E-state index is 12.6. The minimum atomic E-state index is -0.350. The molecule has 0 radical (unpaired) electrons. The van der Waals surface area contributed by atoms with E-state index in [0.717, 1.165) is 62.7 Å². The van der Waals surface area contributed by atoms with Gasteiger partial charge in [-0.1, -0.05) is 42.1 Å². The van der Waals surface area contributed by atoms with Crippen molar-refractivity contribution in [2.45, 2.75) is 49.1 Å². The standard InChI is InChI=1S/C25H26N4O2S2/c30-21(28-24(31)29-25-10-15-6-16(11-25)8-17(7-15)12-25)13-32-22-19-9-20(18-4-2-1-3-5-18)33-23(19)27-14-26-22/h1-5,9,14-17H,6-8,10-13H2,(H2,28,29,30,31). The minimum absolute atomic E-state index is 0.102. The molecular weight excluding hydrogens is 452 g/mol. The van der Waals surface area contributed by atoms with Gasteiger partial charge in [0.2, 0.25) is 5.91 Å². The summed E-state index contributed by atoms with van der Waals surface area (Å²) in [7, 11) is 0. The van der Waals surface area contributed by atoms with Gasteiger partial charge in [-0.3, -0.25) is 10.1 Å². The van der Waals surface area contributed by atoms with Crippen LogP contribution >= 0.6 is 23.1 Å². The number of amides is 3. The normalized spacial score (nSPS) is 27.6. The second kappa shape index (κ2) is 8.40. The van der Waals surface area contributed by atoms with E-state index in [1.54, 1.807) is 11.3 Å². The first-order chi connectivity index (χ1) is 16.1. The molecule has 0 spiro atoms. The number of hydrogen-bond donors (Lipinski definition) is 2. The zero-order valence-corrected chi connectivity index (χ0v) is 19.9. The third-order valence-electron chi connectivity index (χ3n) is 7.36. The fraction of sp³-hybridized carbons (Fsp3) is 0.440. The lowest BCUT2D eigenvalue weighted by atomic mass is 9.53. The van der Waals surface area contributed by atoms with E-state index in [-0.39, 0.29) is 23.2 Å². The summed E-state index contributed by atoms with van der Waals surface area (Å²) in [5.74, 6) is 2.07. The topological polar surface area (TPSA) is 84.0 Å². The van der Waals surface area contributed by atoms with Crippen molar-refractivity contribution in [2.24, 2.45) is 17.8 Å². The van der Waals surface area contributed by atoms with Crippen molar-refractivity contribution in [3.05, 3.63) is 42.7 Å². The van der Waals surface area contributed by atoms with Crippen LogP contribution in [0.4, 0.5) is 4.79 Å². The fourth-order valence-corrected chi connectivity index (χ4v) is 8.37. The van der Waals surface area contributed by atoms with Gasteiger partial charge in [-0.15, -0.1) is 11.3 Å². The number of thiophene rings is 1. The van der Waals surface area contributed by atoms with E-state index >= 15 is 0 Å². The number of nitrogens with zero attached hydrogens (tertiary/aromatic N) is 2. The first-order valence-electron chi connectivity index (χ1n) is 11.6. The predicted octanol–water partition coefficient (Wildman–Crippen LogP) is 5.25. The molecule has 0 unspecified atom stereocenters. The Morgan fingerprint density at radius 3 is 2.42 bits per heavy atom. The molecular formula is C25H26N4O2S2. The number of imide groups is 1. The van der Waals surface area contributed by atoms with E-state index in [1.807, 2.05) is 18.2 Å². The van der Waals surface area contributed by atoms with Crippen LogP contribution in [0.3, 0.4) is 0 Å². The van der Waals surface area contributed by atoms with Gasteiger partial charge in [0.1, 0.15) is 16.2 Å². The van der Waals surface area contributed by atoms with Gasteiger partial charge in [0.25, 0.3) is 0 Å². The summed E-state index contributed by atoms with van der Waals surface area (Å²) < 4.78 is 0. The number of fused-ring (bicyclic) bond motifs is 1. The van der Waals surface area contributed by atoms with E-state index < -0.39 is 0 Å². The van der Waals surface area contributed by atoms with Crippen LogP contribution in [0.2, 0.25) is 0 Å². The molecule has 4 aliphatic carbocycles. The molecule has 0 atom stereocenters.